The van der Waals surface area contributed by atoms with E-state index in [1.54, 1.807) is 0 Å². The molecule has 1 aliphatic heterocycles. The summed E-state index contributed by atoms with van der Waals surface area (Å²) in [6.45, 7) is 9.41. The molecule has 0 bridgehead atoms. The van der Waals surface area contributed by atoms with Crippen LogP contribution in [-0.2, 0) is 14.3 Å². The molecule has 0 spiro atoms. The Hall–Kier alpha value is -1.68. The lowest BCUT2D eigenvalue weighted by Gasteiger charge is -2.30. The van der Waals surface area contributed by atoms with Crippen molar-refractivity contribution in [2.45, 2.75) is 51.8 Å². The van der Waals surface area contributed by atoms with Gasteiger partial charge in [0.1, 0.15) is 11.9 Å². The summed E-state index contributed by atoms with van der Waals surface area (Å²) in [4.78, 5) is 24.3. The van der Waals surface area contributed by atoms with E-state index in [-0.39, 0.29) is 12.0 Å². The fourth-order valence-electron chi connectivity index (χ4n) is 3.20. The molecule has 3 atom stereocenters. The zero-order chi connectivity index (χ0) is 16.5. The van der Waals surface area contributed by atoms with Crippen molar-refractivity contribution in [3.63, 3.8) is 0 Å². The van der Waals surface area contributed by atoms with Crippen LogP contribution in [-0.4, -0.2) is 23.4 Å². The maximum absolute atomic E-state index is 12.6. The van der Waals surface area contributed by atoms with Gasteiger partial charge in [0.2, 0.25) is 0 Å². The number of esters is 1. The summed E-state index contributed by atoms with van der Waals surface area (Å²) in [6, 6.07) is 9.58. The Kier molecular flexibility index (Phi) is 4.43. The molecule has 4 nitrogen and oxygen atoms in total. The van der Waals surface area contributed by atoms with E-state index in [0.29, 0.717) is 0 Å². The third kappa shape index (κ3) is 3.38. The molecule has 0 amide bonds. The molecule has 0 radical (unpaired) electrons. The molecule has 1 aromatic rings. The van der Waals surface area contributed by atoms with Crippen molar-refractivity contribution in [1.29, 1.82) is 0 Å². The van der Waals surface area contributed by atoms with Gasteiger partial charge in [0.05, 0.1) is 5.92 Å². The van der Waals surface area contributed by atoms with Crippen LogP contribution in [0.25, 0.3) is 0 Å². The lowest BCUT2D eigenvalue weighted by atomic mass is 9.80. The highest BCUT2D eigenvalue weighted by atomic mass is 16.6. The predicted octanol–water partition coefficient (Wildman–Crippen LogP) is 2.88. The number of aldehydes is 1. The van der Waals surface area contributed by atoms with E-state index < -0.39 is 23.0 Å². The van der Waals surface area contributed by atoms with Crippen LogP contribution in [0.5, 0.6) is 0 Å². The lowest BCUT2D eigenvalue weighted by Crippen LogP contribution is -2.45. The van der Waals surface area contributed by atoms with E-state index in [0.717, 1.165) is 11.8 Å². The summed E-state index contributed by atoms with van der Waals surface area (Å²) in [6.07, 6.45) is 0.883. The molecule has 1 fully saturated rings. The van der Waals surface area contributed by atoms with Crippen LogP contribution < -0.4 is 5.32 Å². The molecule has 1 aliphatic rings. The second-order valence-electron chi connectivity index (χ2n) is 7.48. The Morgan fingerprint density at radius 2 is 1.82 bits per heavy atom. The third-order valence-corrected chi connectivity index (χ3v) is 4.05. The topological polar surface area (TPSA) is 55.4 Å². The highest BCUT2D eigenvalue weighted by Crippen LogP contribution is 2.42. The van der Waals surface area contributed by atoms with Gasteiger partial charge >= 0.3 is 5.97 Å². The zero-order valence-electron chi connectivity index (χ0n) is 13.9. The van der Waals surface area contributed by atoms with Crippen LogP contribution >= 0.6 is 0 Å². The molecule has 1 heterocycles. The van der Waals surface area contributed by atoms with Gasteiger partial charge in [-0.1, -0.05) is 30.3 Å². The van der Waals surface area contributed by atoms with Crippen molar-refractivity contribution in [2.24, 2.45) is 11.8 Å². The lowest BCUT2D eigenvalue weighted by molar-refractivity contribution is -0.163. The van der Waals surface area contributed by atoms with Gasteiger partial charge in [-0.3, -0.25) is 4.79 Å². The maximum atomic E-state index is 12.6. The van der Waals surface area contributed by atoms with E-state index >= 15 is 0 Å². The number of carbonyl (C=O) groups excluding carboxylic acids is 2. The summed E-state index contributed by atoms with van der Waals surface area (Å²) >= 11 is 0. The molecule has 2 rings (SSSR count). The minimum Gasteiger partial charge on any atom is -0.460 e. The molecule has 0 aromatic heterocycles. The van der Waals surface area contributed by atoms with Crippen molar-refractivity contribution in [2.75, 3.05) is 0 Å². The smallest absolute Gasteiger partial charge is 0.312 e. The van der Waals surface area contributed by atoms with Gasteiger partial charge in [0, 0.05) is 17.5 Å². The third-order valence-electron chi connectivity index (χ3n) is 4.05. The summed E-state index contributed by atoms with van der Waals surface area (Å²) in [7, 11) is 0. The molecular weight excluding hydrogens is 278 g/mol. The summed E-state index contributed by atoms with van der Waals surface area (Å²) < 4.78 is 5.54. The minimum atomic E-state index is -0.564. The molecule has 120 valence electrons. The molecule has 4 heteroatoms. The van der Waals surface area contributed by atoms with Crippen LogP contribution in [0.2, 0.25) is 0 Å². The molecule has 22 heavy (non-hydrogen) atoms. The van der Waals surface area contributed by atoms with Crippen molar-refractivity contribution < 1.29 is 14.3 Å². The van der Waals surface area contributed by atoms with Gasteiger partial charge in [0.15, 0.2) is 0 Å². The first-order chi connectivity index (χ1) is 10.2. The first kappa shape index (κ1) is 16.7. The number of nitrogens with one attached hydrogen (secondary N) is 1. The number of hydrogen-bond donors (Lipinski definition) is 1. The van der Waals surface area contributed by atoms with Crippen molar-refractivity contribution in [3.05, 3.63) is 35.9 Å². The Morgan fingerprint density at radius 3 is 2.32 bits per heavy atom. The van der Waals surface area contributed by atoms with Gasteiger partial charge in [-0.15, -0.1) is 0 Å². The number of rotatable bonds is 3. The fraction of sp³-hybridized carbons (Fsp3) is 0.556. The summed E-state index contributed by atoms with van der Waals surface area (Å²) in [5.74, 6) is -1.26. The average Bonchev–Trinajstić information content (AvgIpc) is 2.68. The molecule has 0 aliphatic carbocycles. The van der Waals surface area contributed by atoms with Crippen LogP contribution in [0.1, 0.15) is 46.2 Å². The van der Waals surface area contributed by atoms with Crippen molar-refractivity contribution in [3.8, 4) is 0 Å². The van der Waals surface area contributed by atoms with E-state index in [4.69, 9.17) is 4.74 Å². The fourth-order valence-corrected chi connectivity index (χ4v) is 3.20. The Balaban J connectivity index is 2.33. The van der Waals surface area contributed by atoms with Crippen LogP contribution in [0, 0.1) is 11.8 Å². The Morgan fingerprint density at radius 1 is 1.23 bits per heavy atom. The van der Waals surface area contributed by atoms with Gasteiger partial charge < -0.3 is 14.8 Å². The average molecular weight is 303 g/mol. The molecular formula is C18H25NO3. The standard InChI is InChI=1S/C18H25NO3/c1-17(2,3)22-16(21)14-13(11-20)15(19-18(14,4)5)12-9-7-6-8-10-12/h6-11,13-15,19H,1-5H3/t13-,14?,15-/m0/s1. The van der Waals surface area contributed by atoms with E-state index in [9.17, 15) is 9.59 Å². The molecule has 0 saturated carbocycles. The van der Waals surface area contributed by atoms with Crippen LogP contribution in [0.4, 0.5) is 0 Å². The second kappa shape index (κ2) is 5.84. The normalized spacial score (nSPS) is 27.4. The SMILES string of the molecule is CC(C)(C)OC(=O)C1[C@H](C=O)[C@H](c2ccccc2)NC1(C)C. The number of benzene rings is 1. The Bertz CT molecular complexity index is 545. The number of hydrogen-bond acceptors (Lipinski definition) is 4. The second-order valence-corrected chi connectivity index (χ2v) is 7.48. The predicted molar refractivity (Wildman–Crippen MR) is 85.3 cm³/mol. The molecule has 1 unspecified atom stereocenters. The van der Waals surface area contributed by atoms with Gasteiger partial charge in [-0.05, 0) is 40.2 Å². The van der Waals surface area contributed by atoms with Crippen molar-refractivity contribution in [1.82, 2.24) is 5.32 Å². The number of carbonyl (C=O) groups is 2. The minimum absolute atomic E-state index is 0.175. The summed E-state index contributed by atoms with van der Waals surface area (Å²) in [5.41, 5.74) is -0.0569. The molecule has 1 saturated heterocycles. The molecule has 1 N–H and O–H groups in total. The first-order valence-electron chi connectivity index (χ1n) is 7.66. The van der Waals surface area contributed by atoms with Gasteiger partial charge in [-0.2, -0.15) is 0 Å². The monoisotopic (exact) mass is 303 g/mol. The zero-order valence-corrected chi connectivity index (χ0v) is 13.9. The maximum Gasteiger partial charge on any atom is 0.312 e. The van der Waals surface area contributed by atoms with Crippen LogP contribution in [0.15, 0.2) is 30.3 Å². The highest BCUT2D eigenvalue weighted by Gasteiger charge is 2.53. The largest absolute Gasteiger partial charge is 0.460 e. The summed E-state index contributed by atoms with van der Waals surface area (Å²) in [5, 5.41) is 3.43. The van der Waals surface area contributed by atoms with Crippen molar-refractivity contribution >= 4 is 12.3 Å². The van der Waals surface area contributed by atoms with Gasteiger partial charge in [-0.25, -0.2) is 0 Å². The van der Waals surface area contributed by atoms with E-state index in [1.807, 2.05) is 65.0 Å². The van der Waals surface area contributed by atoms with Gasteiger partial charge in [0.25, 0.3) is 0 Å². The van der Waals surface area contributed by atoms with E-state index in [2.05, 4.69) is 5.32 Å². The van der Waals surface area contributed by atoms with E-state index in [1.165, 1.54) is 0 Å². The van der Waals surface area contributed by atoms with Crippen LogP contribution in [0.3, 0.4) is 0 Å². The Labute approximate surface area is 132 Å². The highest BCUT2D eigenvalue weighted by molar-refractivity contribution is 5.80. The molecule has 1 aromatic carbocycles. The quantitative estimate of drug-likeness (QED) is 0.689. The first-order valence-corrected chi connectivity index (χ1v) is 7.66. The number of ether oxygens (including phenoxy) is 1.